The van der Waals surface area contributed by atoms with Gasteiger partial charge in [-0.15, -0.1) is 11.3 Å². The van der Waals surface area contributed by atoms with E-state index in [2.05, 4.69) is 15.5 Å². The van der Waals surface area contributed by atoms with Gasteiger partial charge >= 0.3 is 0 Å². The van der Waals surface area contributed by atoms with Crippen LogP contribution in [0.1, 0.15) is 42.4 Å². The van der Waals surface area contributed by atoms with Crippen LogP contribution in [0.25, 0.3) is 10.7 Å². The van der Waals surface area contributed by atoms with E-state index in [1.165, 1.54) is 0 Å². The zero-order valence-electron chi connectivity index (χ0n) is 15.3. The third-order valence-corrected chi connectivity index (χ3v) is 4.86. The summed E-state index contributed by atoms with van der Waals surface area (Å²) in [7, 11) is 0. The van der Waals surface area contributed by atoms with Crippen molar-refractivity contribution < 1.29 is 14.1 Å². The summed E-state index contributed by atoms with van der Waals surface area (Å²) in [5.41, 5.74) is 0.575. The molecule has 0 aliphatic rings. The smallest absolute Gasteiger partial charge is 0.255 e. The molecule has 7 heteroatoms. The third-order valence-electron chi connectivity index (χ3n) is 3.99. The number of aromatic nitrogens is 2. The Morgan fingerprint density at radius 1 is 1.19 bits per heavy atom. The minimum absolute atomic E-state index is 0.100. The summed E-state index contributed by atoms with van der Waals surface area (Å²) < 4.78 is 10.8. The van der Waals surface area contributed by atoms with Gasteiger partial charge < -0.3 is 14.6 Å². The molecule has 3 aromatic rings. The predicted molar refractivity (Wildman–Crippen MR) is 105 cm³/mol. The van der Waals surface area contributed by atoms with Crippen LogP contribution < -0.4 is 10.1 Å². The molecule has 0 atom stereocenters. The number of nitrogens with zero attached hydrogens (tertiary/aromatic N) is 2. The number of aryl methyl sites for hydroxylation is 1. The van der Waals surface area contributed by atoms with Crippen LogP contribution in [-0.4, -0.2) is 29.2 Å². The molecule has 0 saturated heterocycles. The lowest BCUT2D eigenvalue weighted by Crippen LogP contribution is -2.25. The monoisotopic (exact) mass is 385 g/mol. The van der Waals surface area contributed by atoms with E-state index in [4.69, 9.17) is 9.26 Å². The van der Waals surface area contributed by atoms with Crippen molar-refractivity contribution in [2.24, 2.45) is 0 Å². The Morgan fingerprint density at radius 2 is 2.07 bits per heavy atom. The maximum absolute atomic E-state index is 12.3. The molecule has 0 saturated carbocycles. The van der Waals surface area contributed by atoms with Crippen LogP contribution in [0.4, 0.5) is 0 Å². The lowest BCUT2D eigenvalue weighted by molar-refractivity contribution is 0.0949. The molecule has 1 amide bonds. The van der Waals surface area contributed by atoms with E-state index in [0.717, 1.165) is 30.6 Å². The number of benzene rings is 1. The van der Waals surface area contributed by atoms with Crippen molar-refractivity contribution in [1.29, 1.82) is 0 Å². The summed E-state index contributed by atoms with van der Waals surface area (Å²) in [5, 5.41) is 8.95. The molecule has 0 spiro atoms. The SMILES string of the molecule is CCOc1ccccc1C(=O)NCCCCCc1nc(-c2cccs2)no1. The van der Waals surface area contributed by atoms with E-state index in [-0.39, 0.29) is 5.91 Å². The largest absolute Gasteiger partial charge is 0.493 e. The fourth-order valence-electron chi connectivity index (χ4n) is 2.67. The van der Waals surface area contributed by atoms with Crippen molar-refractivity contribution in [3.05, 3.63) is 53.2 Å². The molecule has 142 valence electrons. The first kappa shape index (κ1) is 19.1. The van der Waals surface area contributed by atoms with E-state index < -0.39 is 0 Å². The molecule has 0 aliphatic heterocycles. The molecule has 1 N–H and O–H groups in total. The molecule has 0 aliphatic carbocycles. The molecule has 0 radical (unpaired) electrons. The third kappa shape index (κ3) is 5.40. The number of amides is 1. The number of carbonyl (C=O) groups is 1. The number of hydrogen-bond donors (Lipinski definition) is 1. The van der Waals surface area contributed by atoms with Crippen molar-refractivity contribution in [3.63, 3.8) is 0 Å². The number of unbranched alkanes of at least 4 members (excludes halogenated alkanes) is 2. The van der Waals surface area contributed by atoms with Crippen LogP contribution in [-0.2, 0) is 6.42 Å². The molecule has 6 nitrogen and oxygen atoms in total. The molecule has 3 rings (SSSR count). The highest BCUT2D eigenvalue weighted by molar-refractivity contribution is 7.13. The van der Waals surface area contributed by atoms with E-state index in [1.807, 2.05) is 42.6 Å². The number of carbonyl (C=O) groups excluding carboxylic acids is 1. The molecule has 0 unspecified atom stereocenters. The number of nitrogens with one attached hydrogen (secondary N) is 1. The first-order chi connectivity index (χ1) is 13.3. The zero-order chi connectivity index (χ0) is 18.9. The second kappa shape index (κ2) is 9.87. The summed E-state index contributed by atoms with van der Waals surface area (Å²) in [4.78, 5) is 17.7. The number of rotatable bonds is 10. The molecule has 1 aromatic carbocycles. The highest BCUT2D eigenvalue weighted by Crippen LogP contribution is 2.21. The molecule has 2 heterocycles. The predicted octanol–water partition coefficient (Wildman–Crippen LogP) is 4.34. The Bertz CT molecular complexity index is 846. The number of hydrogen-bond acceptors (Lipinski definition) is 6. The van der Waals surface area contributed by atoms with Gasteiger partial charge in [-0.2, -0.15) is 4.98 Å². The fraction of sp³-hybridized carbons (Fsp3) is 0.350. The summed E-state index contributed by atoms with van der Waals surface area (Å²) in [5.74, 6) is 1.83. The van der Waals surface area contributed by atoms with Crippen LogP contribution in [0.3, 0.4) is 0 Å². The second-order valence-electron chi connectivity index (χ2n) is 5.98. The summed E-state index contributed by atoms with van der Waals surface area (Å²) in [6, 6.07) is 11.2. The van der Waals surface area contributed by atoms with E-state index in [0.29, 0.717) is 36.2 Å². The van der Waals surface area contributed by atoms with Crippen molar-refractivity contribution in [3.8, 4) is 16.5 Å². The Labute approximate surface area is 162 Å². The topological polar surface area (TPSA) is 77.2 Å². The Hall–Kier alpha value is -2.67. The second-order valence-corrected chi connectivity index (χ2v) is 6.93. The molecule has 2 aromatic heterocycles. The van der Waals surface area contributed by atoms with Crippen LogP contribution in [0.5, 0.6) is 5.75 Å². The van der Waals surface area contributed by atoms with E-state index in [9.17, 15) is 4.79 Å². The highest BCUT2D eigenvalue weighted by atomic mass is 32.1. The first-order valence-electron chi connectivity index (χ1n) is 9.14. The number of ether oxygens (including phenoxy) is 1. The van der Waals surface area contributed by atoms with Crippen molar-refractivity contribution in [2.45, 2.75) is 32.6 Å². The van der Waals surface area contributed by atoms with Gasteiger partial charge in [0.15, 0.2) is 0 Å². The van der Waals surface area contributed by atoms with Crippen LogP contribution in [0, 0.1) is 0 Å². The molecular weight excluding hydrogens is 362 g/mol. The summed E-state index contributed by atoms with van der Waals surface area (Å²) >= 11 is 1.59. The Morgan fingerprint density at radius 3 is 2.89 bits per heavy atom. The minimum Gasteiger partial charge on any atom is -0.493 e. The zero-order valence-corrected chi connectivity index (χ0v) is 16.1. The number of thiophene rings is 1. The average molecular weight is 385 g/mol. The van der Waals surface area contributed by atoms with Gasteiger partial charge in [-0.25, -0.2) is 0 Å². The number of para-hydroxylation sites is 1. The van der Waals surface area contributed by atoms with Crippen LogP contribution >= 0.6 is 11.3 Å². The highest BCUT2D eigenvalue weighted by Gasteiger charge is 2.11. The lowest BCUT2D eigenvalue weighted by atomic mass is 10.1. The van der Waals surface area contributed by atoms with Gasteiger partial charge in [-0.1, -0.05) is 29.8 Å². The molecular formula is C20H23N3O3S. The van der Waals surface area contributed by atoms with Crippen molar-refractivity contribution in [2.75, 3.05) is 13.2 Å². The molecule has 27 heavy (non-hydrogen) atoms. The Kier molecular flexibility index (Phi) is 6.98. The Balaban J connectivity index is 1.36. The lowest BCUT2D eigenvalue weighted by Gasteiger charge is -2.10. The van der Waals surface area contributed by atoms with E-state index in [1.54, 1.807) is 17.4 Å². The quantitative estimate of drug-likeness (QED) is 0.525. The normalized spacial score (nSPS) is 10.7. The summed E-state index contributed by atoms with van der Waals surface area (Å²) in [6.45, 7) is 3.07. The average Bonchev–Trinajstić information content (AvgIpc) is 3.36. The van der Waals surface area contributed by atoms with E-state index >= 15 is 0 Å². The molecule has 0 bridgehead atoms. The molecule has 0 fully saturated rings. The first-order valence-corrected chi connectivity index (χ1v) is 10.0. The van der Waals surface area contributed by atoms with Gasteiger partial charge in [0.25, 0.3) is 5.91 Å². The standard InChI is InChI=1S/C20H23N3O3S/c1-2-25-16-10-6-5-9-15(16)20(24)21-13-7-3-4-12-18-22-19(23-26-18)17-11-8-14-27-17/h5-6,8-11,14H,2-4,7,12-13H2,1H3,(H,21,24). The minimum atomic E-state index is -0.100. The maximum atomic E-state index is 12.3. The van der Waals surface area contributed by atoms with Gasteiger partial charge in [-0.3, -0.25) is 4.79 Å². The fourth-order valence-corrected chi connectivity index (χ4v) is 3.32. The van der Waals surface area contributed by atoms with Crippen molar-refractivity contribution >= 4 is 17.2 Å². The van der Waals surface area contributed by atoms with Crippen LogP contribution in [0.15, 0.2) is 46.3 Å². The van der Waals surface area contributed by atoms with Gasteiger partial charge in [0.1, 0.15) is 5.75 Å². The van der Waals surface area contributed by atoms with Crippen LogP contribution in [0.2, 0.25) is 0 Å². The van der Waals surface area contributed by atoms with Gasteiger partial charge in [0.05, 0.1) is 17.0 Å². The summed E-state index contributed by atoms with van der Waals surface area (Å²) in [6.07, 6.45) is 3.57. The van der Waals surface area contributed by atoms with Crippen molar-refractivity contribution in [1.82, 2.24) is 15.5 Å². The van der Waals surface area contributed by atoms with Gasteiger partial charge in [0, 0.05) is 13.0 Å². The maximum Gasteiger partial charge on any atom is 0.255 e. The van der Waals surface area contributed by atoms with Gasteiger partial charge in [0.2, 0.25) is 11.7 Å². The van der Waals surface area contributed by atoms with Gasteiger partial charge in [-0.05, 0) is 43.3 Å².